The van der Waals surface area contributed by atoms with E-state index < -0.39 is 0 Å². The number of nitrogens with zero attached hydrogens (tertiary/aromatic N) is 1. The van der Waals surface area contributed by atoms with Crippen molar-refractivity contribution in [1.82, 2.24) is 4.90 Å². The van der Waals surface area contributed by atoms with Crippen molar-refractivity contribution in [3.8, 4) is 23.0 Å². The van der Waals surface area contributed by atoms with E-state index in [1.165, 1.54) is 0 Å². The Morgan fingerprint density at radius 1 is 0.939 bits per heavy atom. The molecule has 0 radical (unpaired) electrons. The summed E-state index contributed by atoms with van der Waals surface area (Å²) in [5, 5.41) is 2.87. The predicted molar refractivity (Wildman–Crippen MR) is 121 cm³/mol. The Hall–Kier alpha value is -3.46. The van der Waals surface area contributed by atoms with Gasteiger partial charge < -0.3 is 33.9 Å². The number of morpholine rings is 1. The van der Waals surface area contributed by atoms with Crippen molar-refractivity contribution >= 4 is 17.5 Å². The fourth-order valence-corrected chi connectivity index (χ4v) is 3.52. The van der Waals surface area contributed by atoms with Crippen LogP contribution in [0.15, 0.2) is 36.4 Å². The molecule has 2 aliphatic heterocycles. The highest BCUT2D eigenvalue weighted by atomic mass is 16.5. The summed E-state index contributed by atoms with van der Waals surface area (Å²) >= 11 is 0. The molecule has 0 unspecified atom stereocenters. The van der Waals surface area contributed by atoms with E-state index >= 15 is 0 Å². The molecule has 4 rings (SSSR count). The molecule has 0 saturated carbocycles. The number of ether oxygens (including phenoxy) is 5. The molecule has 2 heterocycles. The van der Waals surface area contributed by atoms with Gasteiger partial charge >= 0.3 is 0 Å². The summed E-state index contributed by atoms with van der Waals surface area (Å²) in [5.41, 5.74) is 0.996. The second kappa shape index (κ2) is 10.9. The van der Waals surface area contributed by atoms with Crippen LogP contribution in [0.3, 0.4) is 0 Å². The molecule has 0 aromatic heterocycles. The zero-order valence-corrected chi connectivity index (χ0v) is 18.6. The van der Waals surface area contributed by atoms with Crippen molar-refractivity contribution in [2.24, 2.45) is 0 Å². The third kappa shape index (κ3) is 5.87. The van der Waals surface area contributed by atoms with Gasteiger partial charge in [0.15, 0.2) is 29.6 Å². The summed E-state index contributed by atoms with van der Waals surface area (Å²) in [4.78, 5) is 26.9. The van der Waals surface area contributed by atoms with Crippen LogP contribution in [-0.4, -0.2) is 69.4 Å². The first kappa shape index (κ1) is 22.7. The molecule has 9 nitrogen and oxygen atoms in total. The minimum absolute atomic E-state index is 0.108. The molecule has 9 heteroatoms. The van der Waals surface area contributed by atoms with Crippen molar-refractivity contribution in [2.75, 3.05) is 58.0 Å². The van der Waals surface area contributed by atoms with Crippen LogP contribution < -0.4 is 24.3 Å². The molecule has 176 valence electrons. The maximum Gasteiger partial charge on any atom is 0.260 e. The molecule has 2 aromatic carbocycles. The van der Waals surface area contributed by atoms with Crippen LogP contribution in [0, 0.1) is 0 Å². The second-order valence-corrected chi connectivity index (χ2v) is 7.54. The number of hydrogen-bond acceptors (Lipinski definition) is 7. The lowest BCUT2D eigenvalue weighted by molar-refractivity contribution is -0.137. The lowest BCUT2D eigenvalue weighted by Gasteiger charge is -2.26. The summed E-state index contributed by atoms with van der Waals surface area (Å²) in [6, 6.07) is 10.2. The van der Waals surface area contributed by atoms with Crippen molar-refractivity contribution in [3.63, 3.8) is 0 Å². The Morgan fingerprint density at radius 3 is 2.52 bits per heavy atom. The Morgan fingerprint density at radius 2 is 1.73 bits per heavy atom. The molecule has 0 bridgehead atoms. The quantitative estimate of drug-likeness (QED) is 0.684. The molecule has 2 aliphatic rings. The third-order valence-corrected chi connectivity index (χ3v) is 5.23. The van der Waals surface area contributed by atoms with Gasteiger partial charge in [-0.05, 0) is 37.3 Å². The zero-order valence-electron chi connectivity index (χ0n) is 18.6. The smallest absolute Gasteiger partial charge is 0.260 e. The van der Waals surface area contributed by atoms with Gasteiger partial charge in [-0.25, -0.2) is 0 Å². The van der Waals surface area contributed by atoms with E-state index in [0.29, 0.717) is 80.4 Å². The van der Waals surface area contributed by atoms with E-state index in [1.807, 2.05) is 6.92 Å². The third-order valence-electron chi connectivity index (χ3n) is 5.23. The number of anilines is 1. The lowest BCUT2D eigenvalue weighted by atomic mass is 10.1. The number of carbonyl (C=O) groups is 2. The average molecular weight is 456 g/mol. The van der Waals surface area contributed by atoms with Crippen LogP contribution in [0.4, 0.5) is 5.69 Å². The monoisotopic (exact) mass is 456 g/mol. The number of nitrogens with one attached hydrogen (secondary N) is 1. The molecule has 33 heavy (non-hydrogen) atoms. The second-order valence-electron chi connectivity index (χ2n) is 7.54. The van der Waals surface area contributed by atoms with Gasteiger partial charge in [-0.1, -0.05) is 0 Å². The van der Waals surface area contributed by atoms with Gasteiger partial charge in [-0.3, -0.25) is 9.59 Å². The Labute approximate surface area is 192 Å². The van der Waals surface area contributed by atoms with Gasteiger partial charge in [-0.15, -0.1) is 0 Å². The highest BCUT2D eigenvalue weighted by molar-refractivity contribution is 6.04. The number of carbonyl (C=O) groups excluding carboxylic acids is 2. The summed E-state index contributed by atoms with van der Waals surface area (Å²) in [5.74, 6) is 1.66. The molecular formula is C24H28N2O7. The molecule has 1 N–H and O–H groups in total. The highest BCUT2D eigenvalue weighted by Crippen LogP contribution is 2.33. The minimum Gasteiger partial charge on any atom is -0.490 e. The lowest BCUT2D eigenvalue weighted by Crippen LogP contribution is -2.43. The highest BCUT2D eigenvalue weighted by Gasteiger charge is 2.19. The molecule has 1 saturated heterocycles. The van der Waals surface area contributed by atoms with Crippen molar-refractivity contribution in [1.29, 1.82) is 0 Å². The number of hydrogen-bond donors (Lipinski definition) is 1. The van der Waals surface area contributed by atoms with Crippen LogP contribution in [0.1, 0.15) is 23.7 Å². The fraction of sp³-hybridized carbons (Fsp3) is 0.417. The fourth-order valence-electron chi connectivity index (χ4n) is 3.52. The minimum atomic E-state index is -0.304. The molecular weight excluding hydrogens is 428 g/mol. The zero-order chi connectivity index (χ0) is 23.0. The molecule has 0 aliphatic carbocycles. The maximum atomic E-state index is 12.8. The van der Waals surface area contributed by atoms with Gasteiger partial charge in [-0.2, -0.15) is 0 Å². The first-order valence-corrected chi connectivity index (χ1v) is 11.1. The summed E-state index contributed by atoms with van der Waals surface area (Å²) < 4.78 is 27.9. The van der Waals surface area contributed by atoms with Gasteiger partial charge in [0.05, 0.1) is 33.0 Å². The van der Waals surface area contributed by atoms with E-state index in [4.69, 9.17) is 23.7 Å². The van der Waals surface area contributed by atoms with Crippen LogP contribution >= 0.6 is 0 Å². The van der Waals surface area contributed by atoms with E-state index in [9.17, 15) is 9.59 Å². The number of amides is 2. The molecule has 1 fully saturated rings. The van der Waals surface area contributed by atoms with Crippen LogP contribution in [0.25, 0.3) is 0 Å². The SMILES string of the molecule is CCOc1cc(C(=O)Nc2ccc3c(c2)OCCCO3)ccc1OCC(=O)N1CCOCC1. The summed E-state index contributed by atoms with van der Waals surface area (Å²) in [7, 11) is 0. The van der Waals surface area contributed by atoms with E-state index in [2.05, 4.69) is 5.32 Å². The van der Waals surface area contributed by atoms with Crippen molar-refractivity contribution in [3.05, 3.63) is 42.0 Å². The van der Waals surface area contributed by atoms with E-state index in [-0.39, 0.29) is 18.4 Å². The number of fused-ring (bicyclic) bond motifs is 1. The summed E-state index contributed by atoms with van der Waals surface area (Å²) in [6.45, 7) is 5.46. The van der Waals surface area contributed by atoms with Gasteiger partial charge in [0.2, 0.25) is 0 Å². The Bertz CT molecular complexity index is 989. The predicted octanol–water partition coefficient (Wildman–Crippen LogP) is 2.74. The maximum absolute atomic E-state index is 12.8. The molecule has 2 aromatic rings. The molecule has 0 atom stereocenters. The standard InChI is InChI=1S/C24H28N2O7/c1-2-30-21-14-17(4-6-20(21)33-16-23(27)26-8-12-29-13-9-26)24(28)25-18-5-7-19-22(15-18)32-11-3-10-31-19/h4-7,14-15H,2-3,8-13,16H2,1H3,(H,25,28). The largest absolute Gasteiger partial charge is 0.490 e. The Kier molecular flexibility index (Phi) is 7.51. The van der Waals surface area contributed by atoms with Crippen LogP contribution in [0.2, 0.25) is 0 Å². The van der Waals surface area contributed by atoms with Crippen molar-refractivity contribution < 1.29 is 33.3 Å². The molecule has 0 spiro atoms. The van der Waals surface area contributed by atoms with Crippen molar-refractivity contribution in [2.45, 2.75) is 13.3 Å². The van der Waals surface area contributed by atoms with E-state index in [0.717, 1.165) is 6.42 Å². The summed E-state index contributed by atoms with van der Waals surface area (Å²) in [6.07, 6.45) is 0.809. The normalized spacial score (nSPS) is 15.4. The van der Waals surface area contributed by atoms with Crippen LogP contribution in [-0.2, 0) is 9.53 Å². The van der Waals surface area contributed by atoms with Gasteiger partial charge in [0.25, 0.3) is 11.8 Å². The Balaban J connectivity index is 1.42. The van der Waals surface area contributed by atoms with E-state index in [1.54, 1.807) is 41.3 Å². The number of rotatable bonds is 7. The molecule has 2 amide bonds. The number of benzene rings is 2. The topological polar surface area (TPSA) is 95.6 Å². The van der Waals surface area contributed by atoms with Gasteiger partial charge in [0, 0.05) is 36.8 Å². The first-order valence-electron chi connectivity index (χ1n) is 11.1. The van der Waals surface area contributed by atoms with Gasteiger partial charge in [0.1, 0.15) is 0 Å². The van der Waals surface area contributed by atoms with Crippen LogP contribution in [0.5, 0.6) is 23.0 Å². The average Bonchev–Trinajstić information content (AvgIpc) is 3.09. The first-order chi connectivity index (χ1) is 16.1.